The van der Waals surface area contributed by atoms with Crippen molar-refractivity contribution in [1.82, 2.24) is 4.57 Å². The molecular formula is C34H34N4O6. The number of ether oxygens (including phenoxy) is 3. The largest absolute Gasteiger partial charge is 0.497 e. The summed E-state index contributed by atoms with van der Waals surface area (Å²) >= 11 is 0. The van der Waals surface area contributed by atoms with Crippen molar-refractivity contribution >= 4 is 28.9 Å². The Morgan fingerprint density at radius 3 is 2.20 bits per heavy atom. The van der Waals surface area contributed by atoms with Gasteiger partial charge in [0, 0.05) is 54.5 Å². The van der Waals surface area contributed by atoms with Crippen molar-refractivity contribution in [1.29, 1.82) is 0 Å². The molecule has 0 aliphatic carbocycles. The van der Waals surface area contributed by atoms with Gasteiger partial charge in [-0.2, -0.15) is 0 Å². The monoisotopic (exact) mass is 594 g/mol. The number of methoxy groups -OCH3 is 3. The van der Waals surface area contributed by atoms with Crippen molar-refractivity contribution < 1.29 is 23.8 Å². The van der Waals surface area contributed by atoms with Gasteiger partial charge in [0.05, 0.1) is 38.4 Å². The van der Waals surface area contributed by atoms with E-state index in [0.29, 0.717) is 59.4 Å². The molecule has 0 radical (unpaired) electrons. The first-order valence-electron chi connectivity index (χ1n) is 14.4. The van der Waals surface area contributed by atoms with E-state index in [4.69, 9.17) is 14.2 Å². The van der Waals surface area contributed by atoms with E-state index in [1.165, 1.54) is 14.2 Å². The highest BCUT2D eigenvalue weighted by molar-refractivity contribution is 6.09. The quantitative estimate of drug-likeness (QED) is 0.295. The fraction of sp³-hybridized carbons (Fsp3) is 0.265. The molecule has 2 bridgehead atoms. The van der Waals surface area contributed by atoms with Crippen LogP contribution in [0.4, 0.5) is 17.1 Å². The molecule has 0 spiro atoms. The summed E-state index contributed by atoms with van der Waals surface area (Å²) in [6.07, 6.45) is 0.991. The average molecular weight is 595 g/mol. The fourth-order valence-electron chi connectivity index (χ4n) is 6.22. The maximum atomic E-state index is 13.6. The summed E-state index contributed by atoms with van der Waals surface area (Å²) in [5, 5.41) is 5.96. The molecule has 4 aromatic rings. The summed E-state index contributed by atoms with van der Waals surface area (Å²) in [7, 11) is 4.60. The summed E-state index contributed by atoms with van der Waals surface area (Å²) in [4.78, 5) is 41.9. The molecule has 2 atom stereocenters. The van der Waals surface area contributed by atoms with E-state index < -0.39 is 0 Å². The minimum absolute atomic E-state index is 0.0257. The smallest absolute Gasteiger partial charge is 0.255 e. The number of rotatable bonds is 8. The Morgan fingerprint density at radius 2 is 1.45 bits per heavy atom. The predicted octanol–water partition coefficient (Wildman–Crippen LogP) is 5.00. The van der Waals surface area contributed by atoms with Crippen molar-refractivity contribution in [2.75, 3.05) is 50.0 Å². The summed E-state index contributed by atoms with van der Waals surface area (Å²) in [6.45, 7) is 2.02. The van der Waals surface area contributed by atoms with Crippen LogP contribution in [0.5, 0.6) is 17.2 Å². The first kappa shape index (κ1) is 28.9. The molecular weight excluding hydrogens is 560 g/mol. The number of nitrogens with zero attached hydrogens (tertiary/aromatic N) is 2. The molecule has 3 aromatic carbocycles. The third kappa shape index (κ3) is 5.70. The number of hydrogen-bond donors (Lipinski definition) is 2. The zero-order chi connectivity index (χ0) is 30.8. The Bertz CT molecular complexity index is 1760. The molecule has 1 saturated heterocycles. The first-order chi connectivity index (χ1) is 21.4. The van der Waals surface area contributed by atoms with E-state index in [9.17, 15) is 14.4 Å². The van der Waals surface area contributed by atoms with Crippen LogP contribution in [-0.4, -0.2) is 50.8 Å². The van der Waals surface area contributed by atoms with Crippen molar-refractivity contribution in [2.24, 2.45) is 5.92 Å². The number of amides is 2. The Kier molecular flexibility index (Phi) is 7.97. The normalized spacial score (nSPS) is 16.8. The number of carbonyl (C=O) groups is 2. The van der Waals surface area contributed by atoms with Gasteiger partial charge in [-0.1, -0.05) is 18.2 Å². The van der Waals surface area contributed by atoms with E-state index >= 15 is 0 Å². The number of piperidine rings is 1. The predicted molar refractivity (Wildman–Crippen MR) is 169 cm³/mol. The molecule has 226 valence electrons. The van der Waals surface area contributed by atoms with Crippen LogP contribution in [0.15, 0.2) is 83.7 Å². The van der Waals surface area contributed by atoms with E-state index in [-0.39, 0.29) is 29.2 Å². The summed E-state index contributed by atoms with van der Waals surface area (Å²) in [6, 6.07) is 22.9. The van der Waals surface area contributed by atoms with Crippen molar-refractivity contribution in [2.45, 2.75) is 18.9 Å². The number of benzene rings is 3. The number of aromatic nitrogens is 1. The van der Waals surface area contributed by atoms with Crippen LogP contribution >= 0.6 is 0 Å². The maximum Gasteiger partial charge on any atom is 0.255 e. The fourth-order valence-corrected chi connectivity index (χ4v) is 6.22. The molecule has 0 saturated carbocycles. The lowest BCUT2D eigenvalue weighted by Gasteiger charge is -2.44. The topological polar surface area (TPSA) is 111 Å². The minimum atomic E-state index is -0.375. The highest BCUT2D eigenvalue weighted by Gasteiger charge is 2.35. The molecule has 2 aliphatic rings. The molecule has 2 unspecified atom stereocenters. The standard InChI is InChI=1S/C34H34N4O6/c1-42-25-14-23(15-26(17-25)43-2)34(41)36-28-16-22(33(40)35-27-7-4-5-9-31(27)44-3)11-12-30(28)37-18-21-13-24(20-37)29-8-6-10-32(39)38(29)19-21/h4-12,14-17,21,24H,13,18-20H2,1-3H3,(H,35,40)(H,36,41). The van der Waals surface area contributed by atoms with Crippen LogP contribution in [0.25, 0.3) is 0 Å². The van der Waals surface area contributed by atoms with Gasteiger partial charge in [0.1, 0.15) is 17.2 Å². The SMILES string of the molecule is COc1cc(OC)cc(C(=O)Nc2cc(C(=O)Nc3ccccc3OC)ccc2N2CC3CC(C2)c2cccc(=O)n2C3)c1. The van der Waals surface area contributed by atoms with E-state index in [1.807, 2.05) is 34.9 Å². The lowest BCUT2D eigenvalue weighted by Crippen LogP contribution is -2.47. The Hall–Kier alpha value is -5.25. The summed E-state index contributed by atoms with van der Waals surface area (Å²) in [5.74, 6) is 1.22. The van der Waals surface area contributed by atoms with Gasteiger partial charge in [-0.05, 0) is 60.9 Å². The molecule has 2 aliphatic heterocycles. The Morgan fingerprint density at radius 1 is 0.727 bits per heavy atom. The van der Waals surface area contributed by atoms with Gasteiger partial charge in [-0.3, -0.25) is 14.4 Å². The highest BCUT2D eigenvalue weighted by Crippen LogP contribution is 2.39. The number of hydrogen-bond acceptors (Lipinski definition) is 7. The zero-order valence-corrected chi connectivity index (χ0v) is 24.8. The zero-order valence-electron chi connectivity index (χ0n) is 24.8. The molecule has 10 nitrogen and oxygen atoms in total. The second-order valence-corrected chi connectivity index (χ2v) is 11.0. The van der Waals surface area contributed by atoms with Crippen LogP contribution in [0.1, 0.15) is 38.7 Å². The first-order valence-corrected chi connectivity index (χ1v) is 14.4. The van der Waals surface area contributed by atoms with Crippen molar-refractivity contribution in [3.8, 4) is 17.2 Å². The summed E-state index contributed by atoms with van der Waals surface area (Å²) < 4.78 is 18.0. The van der Waals surface area contributed by atoms with Gasteiger partial charge in [-0.25, -0.2) is 0 Å². The molecule has 1 aromatic heterocycles. The molecule has 1 fully saturated rings. The second kappa shape index (κ2) is 12.2. The molecule has 2 N–H and O–H groups in total. The number of para-hydroxylation sites is 2. The summed E-state index contributed by atoms with van der Waals surface area (Å²) in [5.41, 5.74) is 3.60. The number of pyridine rings is 1. The van der Waals surface area contributed by atoms with Gasteiger partial charge >= 0.3 is 0 Å². The number of nitrogens with one attached hydrogen (secondary N) is 2. The van der Waals surface area contributed by atoms with Crippen LogP contribution in [0, 0.1) is 5.92 Å². The molecule has 6 rings (SSSR count). The van der Waals surface area contributed by atoms with E-state index in [2.05, 4.69) is 15.5 Å². The number of carbonyl (C=O) groups excluding carboxylic acids is 2. The van der Waals surface area contributed by atoms with Crippen LogP contribution in [0.2, 0.25) is 0 Å². The number of fused-ring (bicyclic) bond motifs is 4. The molecule has 44 heavy (non-hydrogen) atoms. The molecule has 3 heterocycles. The van der Waals surface area contributed by atoms with Gasteiger partial charge in [0.25, 0.3) is 17.4 Å². The second-order valence-electron chi connectivity index (χ2n) is 11.0. The van der Waals surface area contributed by atoms with Gasteiger partial charge in [-0.15, -0.1) is 0 Å². The average Bonchev–Trinajstić information content (AvgIpc) is 3.05. The maximum absolute atomic E-state index is 13.6. The van der Waals surface area contributed by atoms with Crippen LogP contribution in [0.3, 0.4) is 0 Å². The minimum Gasteiger partial charge on any atom is -0.497 e. The lowest BCUT2D eigenvalue weighted by molar-refractivity contribution is 0.101. The van der Waals surface area contributed by atoms with E-state index in [1.54, 1.807) is 55.6 Å². The Balaban J connectivity index is 1.35. The van der Waals surface area contributed by atoms with Gasteiger partial charge < -0.3 is 34.3 Å². The molecule has 10 heteroatoms. The van der Waals surface area contributed by atoms with Crippen LogP contribution in [-0.2, 0) is 6.54 Å². The third-order valence-corrected chi connectivity index (χ3v) is 8.30. The third-order valence-electron chi connectivity index (χ3n) is 8.30. The van der Waals surface area contributed by atoms with Crippen molar-refractivity contribution in [3.63, 3.8) is 0 Å². The van der Waals surface area contributed by atoms with Gasteiger partial charge in [0.15, 0.2) is 0 Å². The Labute approximate surface area is 255 Å². The number of anilines is 3. The van der Waals surface area contributed by atoms with Crippen molar-refractivity contribution in [3.05, 3.63) is 106 Å². The lowest BCUT2D eigenvalue weighted by atomic mass is 9.83. The molecule has 2 amide bonds. The van der Waals surface area contributed by atoms with E-state index in [0.717, 1.165) is 17.8 Å². The van der Waals surface area contributed by atoms with Gasteiger partial charge in [0.2, 0.25) is 0 Å². The van der Waals surface area contributed by atoms with Crippen LogP contribution < -0.4 is 35.3 Å². The highest BCUT2D eigenvalue weighted by atomic mass is 16.5.